The molecule has 2 atom stereocenters. The van der Waals surface area contributed by atoms with Crippen LogP contribution < -0.4 is 5.32 Å². The lowest BCUT2D eigenvalue weighted by Crippen LogP contribution is -2.56. The molecular formula is C17H28N2. The molecule has 2 unspecified atom stereocenters. The number of benzene rings is 1. The van der Waals surface area contributed by atoms with Crippen LogP contribution in [0, 0.1) is 5.92 Å². The molecule has 1 aliphatic rings. The fourth-order valence-corrected chi connectivity index (χ4v) is 2.99. The largest absolute Gasteiger partial charge is 0.311 e. The van der Waals surface area contributed by atoms with Gasteiger partial charge < -0.3 is 5.32 Å². The van der Waals surface area contributed by atoms with Crippen molar-refractivity contribution in [3.8, 4) is 0 Å². The van der Waals surface area contributed by atoms with Gasteiger partial charge in [0.25, 0.3) is 0 Å². The SMILES string of the molecule is CCC1CN(Cc2ccccc2)C(CC(C)C)CN1. The van der Waals surface area contributed by atoms with E-state index in [1.807, 2.05) is 0 Å². The summed E-state index contributed by atoms with van der Waals surface area (Å²) >= 11 is 0. The maximum Gasteiger partial charge on any atom is 0.0237 e. The molecule has 19 heavy (non-hydrogen) atoms. The number of nitrogens with zero attached hydrogens (tertiary/aromatic N) is 1. The van der Waals surface area contributed by atoms with Crippen LogP contribution in [0.1, 0.15) is 39.2 Å². The number of hydrogen-bond donors (Lipinski definition) is 1. The molecule has 0 saturated carbocycles. The molecule has 1 N–H and O–H groups in total. The summed E-state index contributed by atoms with van der Waals surface area (Å²) in [6, 6.07) is 12.2. The lowest BCUT2D eigenvalue weighted by atomic mass is 9.97. The molecule has 0 spiro atoms. The Kier molecular flexibility index (Phi) is 5.41. The Labute approximate surface area is 118 Å². The van der Waals surface area contributed by atoms with Crippen LogP contribution in [0.5, 0.6) is 0 Å². The highest BCUT2D eigenvalue weighted by atomic mass is 15.2. The minimum Gasteiger partial charge on any atom is -0.311 e. The van der Waals surface area contributed by atoms with Gasteiger partial charge in [-0.2, -0.15) is 0 Å². The van der Waals surface area contributed by atoms with E-state index in [2.05, 4.69) is 61.3 Å². The fourth-order valence-electron chi connectivity index (χ4n) is 2.99. The molecule has 1 fully saturated rings. The van der Waals surface area contributed by atoms with Gasteiger partial charge in [-0.25, -0.2) is 0 Å². The highest BCUT2D eigenvalue weighted by Gasteiger charge is 2.27. The van der Waals surface area contributed by atoms with Gasteiger partial charge >= 0.3 is 0 Å². The van der Waals surface area contributed by atoms with Crippen molar-refractivity contribution < 1.29 is 0 Å². The van der Waals surface area contributed by atoms with Crippen LogP contribution in [0.4, 0.5) is 0 Å². The maximum atomic E-state index is 3.70. The molecule has 0 aliphatic carbocycles. The highest BCUT2D eigenvalue weighted by molar-refractivity contribution is 5.14. The van der Waals surface area contributed by atoms with Crippen molar-refractivity contribution >= 4 is 0 Å². The molecule has 2 heteroatoms. The first-order chi connectivity index (χ1) is 9.19. The first-order valence-electron chi connectivity index (χ1n) is 7.70. The summed E-state index contributed by atoms with van der Waals surface area (Å²) in [4.78, 5) is 2.68. The van der Waals surface area contributed by atoms with Gasteiger partial charge in [0.2, 0.25) is 0 Å². The molecule has 1 aromatic carbocycles. The summed E-state index contributed by atoms with van der Waals surface area (Å²) in [6.07, 6.45) is 2.51. The van der Waals surface area contributed by atoms with Crippen LogP contribution in [-0.2, 0) is 6.54 Å². The van der Waals surface area contributed by atoms with Crippen LogP contribution in [0.25, 0.3) is 0 Å². The Morgan fingerprint density at radius 1 is 1.26 bits per heavy atom. The Hall–Kier alpha value is -0.860. The third-order valence-electron chi connectivity index (χ3n) is 4.08. The normalized spacial score (nSPS) is 24.8. The molecule has 0 bridgehead atoms. The zero-order chi connectivity index (χ0) is 13.7. The van der Waals surface area contributed by atoms with Crippen LogP contribution in [0.2, 0.25) is 0 Å². The van der Waals surface area contributed by atoms with Gasteiger partial charge in [0, 0.05) is 31.7 Å². The summed E-state index contributed by atoms with van der Waals surface area (Å²) in [5.74, 6) is 0.767. The van der Waals surface area contributed by atoms with E-state index >= 15 is 0 Å². The third kappa shape index (κ3) is 4.32. The predicted molar refractivity (Wildman–Crippen MR) is 82.2 cm³/mol. The van der Waals surface area contributed by atoms with Crippen LogP contribution in [-0.4, -0.2) is 30.1 Å². The van der Waals surface area contributed by atoms with Gasteiger partial charge in [-0.05, 0) is 24.3 Å². The van der Waals surface area contributed by atoms with E-state index in [9.17, 15) is 0 Å². The molecule has 1 aromatic rings. The van der Waals surface area contributed by atoms with E-state index in [1.165, 1.54) is 24.9 Å². The summed E-state index contributed by atoms with van der Waals surface area (Å²) in [6.45, 7) is 10.4. The molecule has 106 valence electrons. The van der Waals surface area contributed by atoms with Crippen molar-refractivity contribution in [3.05, 3.63) is 35.9 Å². The second-order valence-corrected chi connectivity index (χ2v) is 6.21. The average molecular weight is 260 g/mol. The van der Waals surface area contributed by atoms with Crippen molar-refractivity contribution in [3.63, 3.8) is 0 Å². The monoisotopic (exact) mass is 260 g/mol. The Balaban J connectivity index is 2.02. The Bertz CT molecular complexity index is 361. The molecule has 1 saturated heterocycles. The number of rotatable bonds is 5. The smallest absolute Gasteiger partial charge is 0.0237 e. The molecule has 0 aromatic heterocycles. The van der Waals surface area contributed by atoms with Gasteiger partial charge in [-0.1, -0.05) is 51.1 Å². The zero-order valence-corrected chi connectivity index (χ0v) is 12.6. The lowest BCUT2D eigenvalue weighted by molar-refractivity contribution is 0.105. The predicted octanol–water partition coefficient (Wildman–Crippen LogP) is 3.29. The van der Waals surface area contributed by atoms with Gasteiger partial charge in [0.1, 0.15) is 0 Å². The Morgan fingerprint density at radius 2 is 2.00 bits per heavy atom. The first-order valence-corrected chi connectivity index (χ1v) is 7.70. The topological polar surface area (TPSA) is 15.3 Å². The second-order valence-electron chi connectivity index (χ2n) is 6.21. The standard InChI is InChI=1S/C17H28N2/c1-4-16-13-19(12-15-8-6-5-7-9-15)17(11-18-16)10-14(2)3/h5-9,14,16-18H,4,10-13H2,1-3H3. The van der Waals surface area contributed by atoms with Crippen LogP contribution >= 0.6 is 0 Å². The molecule has 0 radical (unpaired) electrons. The second kappa shape index (κ2) is 7.06. The molecule has 1 aliphatic heterocycles. The highest BCUT2D eigenvalue weighted by Crippen LogP contribution is 2.19. The number of piperazine rings is 1. The summed E-state index contributed by atoms with van der Waals surface area (Å²) in [7, 11) is 0. The molecule has 2 nitrogen and oxygen atoms in total. The summed E-state index contributed by atoms with van der Waals surface area (Å²) in [5, 5.41) is 3.70. The van der Waals surface area contributed by atoms with Gasteiger partial charge in [-0.3, -0.25) is 4.90 Å². The van der Waals surface area contributed by atoms with E-state index in [-0.39, 0.29) is 0 Å². The van der Waals surface area contributed by atoms with Crippen molar-refractivity contribution in [2.75, 3.05) is 13.1 Å². The quantitative estimate of drug-likeness (QED) is 0.874. The van der Waals surface area contributed by atoms with E-state index in [0.29, 0.717) is 12.1 Å². The summed E-state index contributed by atoms with van der Waals surface area (Å²) in [5.41, 5.74) is 1.44. The average Bonchev–Trinajstić information content (AvgIpc) is 2.41. The van der Waals surface area contributed by atoms with Crippen molar-refractivity contribution in [1.29, 1.82) is 0 Å². The summed E-state index contributed by atoms with van der Waals surface area (Å²) < 4.78 is 0. The minimum atomic E-state index is 0.659. The lowest BCUT2D eigenvalue weighted by Gasteiger charge is -2.41. The minimum absolute atomic E-state index is 0.659. The zero-order valence-electron chi connectivity index (χ0n) is 12.6. The van der Waals surface area contributed by atoms with E-state index in [4.69, 9.17) is 0 Å². The Morgan fingerprint density at radius 3 is 2.63 bits per heavy atom. The third-order valence-corrected chi connectivity index (χ3v) is 4.08. The maximum absolute atomic E-state index is 3.70. The van der Waals surface area contributed by atoms with Crippen molar-refractivity contribution in [2.45, 2.75) is 52.2 Å². The first kappa shape index (κ1) is 14.5. The number of nitrogens with one attached hydrogen (secondary N) is 1. The molecule has 2 rings (SSSR count). The van der Waals surface area contributed by atoms with Gasteiger partial charge in [0.05, 0.1) is 0 Å². The molecule has 0 amide bonds. The van der Waals surface area contributed by atoms with Crippen molar-refractivity contribution in [1.82, 2.24) is 10.2 Å². The molecular weight excluding hydrogens is 232 g/mol. The van der Waals surface area contributed by atoms with Crippen LogP contribution in [0.15, 0.2) is 30.3 Å². The molecule has 1 heterocycles. The van der Waals surface area contributed by atoms with E-state index in [1.54, 1.807) is 0 Å². The van der Waals surface area contributed by atoms with Gasteiger partial charge in [0.15, 0.2) is 0 Å². The van der Waals surface area contributed by atoms with Crippen LogP contribution in [0.3, 0.4) is 0 Å². The van der Waals surface area contributed by atoms with E-state index in [0.717, 1.165) is 19.0 Å². The van der Waals surface area contributed by atoms with Gasteiger partial charge in [-0.15, -0.1) is 0 Å². The fraction of sp³-hybridized carbons (Fsp3) is 0.647. The van der Waals surface area contributed by atoms with Crippen molar-refractivity contribution in [2.24, 2.45) is 5.92 Å². The van der Waals surface area contributed by atoms with E-state index < -0.39 is 0 Å². The number of hydrogen-bond acceptors (Lipinski definition) is 2.